The Morgan fingerprint density at radius 2 is 0.614 bits per heavy atom. The zero-order valence-corrected chi connectivity index (χ0v) is 26.9. The smallest absolute Gasteiger partial charge is 0.0116 e. The SMILES string of the molecule is c1ccc(P(c2ccccc2)c2cccc3c2CCC3)cc1.c1ccc(P(c2ccccc2)c2cccc3c2CCC3)cc1. The molecule has 0 aromatic heterocycles. The molecule has 0 saturated carbocycles. The molecule has 0 saturated heterocycles. The molecule has 0 unspecified atom stereocenters. The Morgan fingerprint density at radius 1 is 0.295 bits per heavy atom. The molecule has 0 nitrogen and oxygen atoms in total. The molecule has 44 heavy (non-hydrogen) atoms. The van der Waals surface area contributed by atoms with Crippen molar-refractivity contribution in [3.8, 4) is 0 Å². The number of hydrogen-bond acceptors (Lipinski definition) is 0. The van der Waals surface area contributed by atoms with Crippen LogP contribution in [-0.2, 0) is 25.7 Å². The minimum atomic E-state index is -0.449. The summed E-state index contributed by atoms with van der Waals surface area (Å²) >= 11 is 0. The Balaban J connectivity index is 0.000000142. The summed E-state index contributed by atoms with van der Waals surface area (Å²) in [5, 5.41) is 8.91. The van der Waals surface area contributed by atoms with Crippen molar-refractivity contribution in [2.75, 3.05) is 0 Å². The first kappa shape index (κ1) is 28.9. The van der Waals surface area contributed by atoms with Crippen molar-refractivity contribution in [1.82, 2.24) is 0 Å². The van der Waals surface area contributed by atoms with Crippen LogP contribution in [0.2, 0.25) is 0 Å². The second kappa shape index (κ2) is 13.9. The maximum Gasteiger partial charge on any atom is -0.0116 e. The Hall–Kier alpha value is -3.82. The van der Waals surface area contributed by atoms with Crippen molar-refractivity contribution < 1.29 is 0 Å². The van der Waals surface area contributed by atoms with E-state index < -0.39 is 15.8 Å². The molecule has 0 N–H and O–H groups in total. The van der Waals surface area contributed by atoms with E-state index in [-0.39, 0.29) is 0 Å². The molecule has 216 valence electrons. The quantitative estimate of drug-likeness (QED) is 0.170. The summed E-state index contributed by atoms with van der Waals surface area (Å²) in [4.78, 5) is 0. The predicted molar refractivity (Wildman–Crippen MR) is 194 cm³/mol. The van der Waals surface area contributed by atoms with Crippen LogP contribution in [0.4, 0.5) is 0 Å². The fourth-order valence-corrected chi connectivity index (χ4v) is 11.9. The first-order valence-corrected chi connectivity index (χ1v) is 18.6. The van der Waals surface area contributed by atoms with Gasteiger partial charge >= 0.3 is 0 Å². The van der Waals surface area contributed by atoms with Crippen molar-refractivity contribution in [1.29, 1.82) is 0 Å². The monoisotopic (exact) mass is 604 g/mol. The summed E-state index contributed by atoms with van der Waals surface area (Å²) in [6, 6.07) is 57.9. The van der Waals surface area contributed by atoms with Gasteiger partial charge in [-0.1, -0.05) is 158 Å². The minimum Gasteiger partial charge on any atom is -0.0622 e. The van der Waals surface area contributed by atoms with E-state index in [9.17, 15) is 0 Å². The number of aryl methyl sites for hydroxylation is 2. The van der Waals surface area contributed by atoms with E-state index in [1.807, 2.05) is 0 Å². The van der Waals surface area contributed by atoms with Crippen molar-refractivity contribution in [2.45, 2.75) is 38.5 Å². The van der Waals surface area contributed by atoms with E-state index >= 15 is 0 Å². The molecule has 6 aromatic carbocycles. The third kappa shape index (κ3) is 6.21. The molecule has 2 aliphatic carbocycles. The molecule has 8 rings (SSSR count). The van der Waals surface area contributed by atoms with Crippen LogP contribution < -0.4 is 31.8 Å². The van der Waals surface area contributed by atoms with Gasteiger partial charge in [0.1, 0.15) is 0 Å². The Labute approximate surface area is 265 Å². The largest absolute Gasteiger partial charge is 0.0622 e. The molecule has 0 bridgehead atoms. The van der Waals surface area contributed by atoms with Crippen molar-refractivity contribution in [3.05, 3.63) is 180 Å². The summed E-state index contributed by atoms with van der Waals surface area (Å²) in [5.74, 6) is 0. The highest BCUT2D eigenvalue weighted by atomic mass is 31.1. The standard InChI is InChI=1S/2C21H19P/c2*1-3-11-18(12-4-1)22(19-13-5-2-6-14-19)21-16-8-10-17-9-7-15-20(17)21/h2*1-6,8,10-14,16H,7,9,15H2. The van der Waals surface area contributed by atoms with Crippen LogP contribution in [0.15, 0.2) is 158 Å². The molecular formula is C42H38P2. The van der Waals surface area contributed by atoms with E-state index in [0.717, 1.165) is 0 Å². The molecule has 0 aliphatic heterocycles. The first-order chi connectivity index (χ1) is 21.9. The van der Waals surface area contributed by atoms with Crippen LogP contribution in [0.5, 0.6) is 0 Å². The highest BCUT2D eigenvalue weighted by molar-refractivity contribution is 7.80. The van der Waals surface area contributed by atoms with Gasteiger partial charge in [0.25, 0.3) is 0 Å². The van der Waals surface area contributed by atoms with E-state index in [0.29, 0.717) is 0 Å². The lowest BCUT2D eigenvalue weighted by atomic mass is 10.1. The predicted octanol–water partition coefficient (Wildman–Crippen LogP) is 7.87. The molecule has 0 radical (unpaired) electrons. The lowest BCUT2D eigenvalue weighted by molar-refractivity contribution is 0.913. The molecule has 2 aliphatic rings. The van der Waals surface area contributed by atoms with Gasteiger partial charge in [0.15, 0.2) is 0 Å². The molecule has 0 atom stereocenters. The van der Waals surface area contributed by atoms with Crippen LogP contribution in [0, 0.1) is 0 Å². The third-order valence-electron chi connectivity index (χ3n) is 8.78. The fourth-order valence-electron chi connectivity index (χ4n) is 6.78. The normalized spacial score (nSPS) is 13.3. The van der Waals surface area contributed by atoms with E-state index in [1.54, 1.807) is 32.9 Å². The number of fused-ring (bicyclic) bond motifs is 2. The maximum absolute atomic E-state index is 2.36. The first-order valence-electron chi connectivity index (χ1n) is 15.9. The maximum atomic E-state index is 2.36. The van der Waals surface area contributed by atoms with Crippen molar-refractivity contribution in [2.24, 2.45) is 0 Å². The average molecular weight is 605 g/mol. The molecule has 0 spiro atoms. The third-order valence-corrected chi connectivity index (χ3v) is 13.8. The van der Waals surface area contributed by atoms with Gasteiger partial charge in [0.05, 0.1) is 0 Å². The Bertz CT molecular complexity index is 1580. The van der Waals surface area contributed by atoms with Gasteiger partial charge in [-0.2, -0.15) is 0 Å². The van der Waals surface area contributed by atoms with Crippen LogP contribution in [0.1, 0.15) is 35.1 Å². The van der Waals surface area contributed by atoms with Crippen molar-refractivity contribution >= 4 is 47.7 Å². The van der Waals surface area contributed by atoms with E-state index in [4.69, 9.17) is 0 Å². The zero-order chi connectivity index (χ0) is 29.6. The molecule has 0 heterocycles. The summed E-state index contributed by atoms with van der Waals surface area (Å²) in [5.41, 5.74) is 6.36. The molecule has 6 aromatic rings. The van der Waals surface area contributed by atoms with Gasteiger partial charge < -0.3 is 0 Å². The van der Waals surface area contributed by atoms with Crippen LogP contribution >= 0.6 is 15.8 Å². The number of rotatable bonds is 6. The van der Waals surface area contributed by atoms with E-state index in [2.05, 4.69) is 158 Å². The van der Waals surface area contributed by atoms with Gasteiger partial charge in [0, 0.05) is 0 Å². The van der Waals surface area contributed by atoms with Gasteiger partial charge in [-0.25, -0.2) is 0 Å². The van der Waals surface area contributed by atoms with Crippen molar-refractivity contribution in [3.63, 3.8) is 0 Å². The lowest BCUT2D eigenvalue weighted by Gasteiger charge is -2.22. The highest BCUT2D eigenvalue weighted by Crippen LogP contribution is 2.38. The van der Waals surface area contributed by atoms with Crippen LogP contribution in [-0.4, -0.2) is 0 Å². The zero-order valence-electron chi connectivity index (χ0n) is 25.1. The number of benzene rings is 6. The average Bonchev–Trinajstić information content (AvgIpc) is 3.79. The van der Waals surface area contributed by atoms with E-state index in [1.165, 1.54) is 59.7 Å². The number of hydrogen-bond donors (Lipinski definition) is 0. The van der Waals surface area contributed by atoms with Crippen LogP contribution in [0.3, 0.4) is 0 Å². The summed E-state index contributed by atoms with van der Waals surface area (Å²) in [6.07, 6.45) is 7.58. The molecule has 2 heteroatoms. The fraction of sp³-hybridized carbons (Fsp3) is 0.143. The van der Waals surface area contributed by atoms with Gasteiger partial charge in [-0.05, 0) is 108 Å². The Kier molecular flexibility index (Phi) is 9.11. The summed E-state index contributed by atoms with van der Waals surface area (Å²) in [6.45, 7) is 0. The van der Waals surface area contributed by atoms with Gasteiger partial charge in [-0.15, -0.1) is 0 Å². The second-order valence-corrected chi connectivity index (χ2v) is 15.9. The van der Waals surface area contributed by atoms with Gasteiger partial charge in [0.2, 0.25) is 0 Å². The Morgan fingerprint density at radius 3 is 0.932 bits per heavy atom. The topological polar surface area (TPSA) is 0 Å². The second-order valence-electron chi connectivity index (χ2n) is 11.5. The summed E-state index contributed by atoms with van der Waals surface area (Å²) in [7, 11) is -0.898. The molecular weight excluding hydrogens is 566 g/mol. The highest BCUT2D eigenvalue weighted by Gasteiger charge is 2.24. The summed E-state index contributed by atoms with van der Waals surface area (Å²) < 4.78 is 0. The molecule has 0 fully saturated rings. The van der Waals surface area contributed by atoms with Crippen LogP contribution in [0.25, 0.3) is 0 Å². The minimum absolute atomic E-state index is 0.449. The van der Waals surface area contributed by atoms with Gasteiger partial charge in [-0.3, -0.25) is 0 Å². The lowest BCUT2D eigenvalue weighted by Crippen LogP contribution is -2.23. The molecule has 0 amide bonds.